The van der Waals surface area contributed by atoms with Gasteiger partial charge < -0.3 is 25.5 Å². The van der Waals surface area contributed by atoms with Gasteiger partial charge in [-0.05, 0) is 62.0 Å². The minimum Gasteiger partial charge on any atom is -0.395 e. The summed E-state index contributed by atoms with van der Waals surface area (Å²) in [7, 11) is 0. The van der Waals surface area contributed by atoms with E-state index in [0.29, 0.717) is 43.7 Å². The lowest BCUT2D eigenvalue weighted by Crippen LogP contribution is -2.45. The Morgan fingerprint density at radius 3 is 2.60 bits per heavy atom. The van der Waals surface area contributed by atoms with Gasteiger partial charge in [-0.15, -0.1) is 0 Å². The number of nitrogens with one attached hydrogen (secondary N) is 2. The van der Waals surface area contributed by atoms with E-state index in [4.69, 9.17) is 4.84 Å². The van der Waals surface area contributed by atoms with Crippen molar-refractivity contribution >= 4 is 23.3 Å². The van der Waals surface area contributed by atoms with Crippen molar-refractivity contribution < 1.29 is 19.5 Å². The molecule has 0 spiro atoms. The summed E-state index contributed by atoms with van der Waals surface area (Å²) in [5, 5.41) is 21.0. The number of aliphatic hydroxyl groups excluding tert-OH is 1. The SMILES string of the molecule is O=C(NC[C@H](O)CN1CCc2ccccc2C1)c1cc(NC2CCN(C(=O)C(=NOCC3CC3)C3CC3)CC2)ncn1. The molecule has 42 heavy (non-hydrogen) atoms. The number of amides is 2. The zero-order chi connectivity index (χ0) is 28.9. The summed E-state index contributed by atoms with van der Waals surface area (Å²) in [6.07, 6.45) is 7.60. The fraction of sp³-hybridized carbons (Fsp3) is 0.581. The van der Waals surface area contributed by atoms with E-state index in [0.717, 1.165) is 45.2 Å². The lowest BCUT2D eigenvalue weighted by atomic mass is 10.00. The van der Waals surface area contributed by atoms with E-state index >= 15 is 0 Å². The van der Waals surface area contributed by atoms with E-state index in [2.05, 4.69) is 48.9 Å². The van der Waals surface area contributed by atoms with Crippen LogP contribution >= 0.6 is 0 Å². The lowest BCUT2D eigenvalue weighted by molar-refractivity contribution is -0.125. The summed E-state index contributed by atoms with van der Waals surface area (Å²) in [6, 6.07) is 10.2. The predicted octanol–water partition coefficient (Wildman–Crippen LogP) is 2.22. The van der Waals surface area contributed by atoms with E-state index in [9.17, 15) is 14.7 Å². The van der Waals surface area contributed by atoms with E-state index in [1.165, 1.54) is 30.3 Å². The Bertz CT molecular complexity index is 1290. The van der Waals surface area contributed by atoms with Gasteiger partial charge >= 0.3 is 0 Å². The van der Waals surface area contributed by atoms with Gasteiger partial charge in [-0.3, -0.25) is 14.5 Å². The normalized spacial score (nSPS) is 20.5. The fourth-order valence-electron chi connectivity index (χ4n) is 5.67. The molecule has 1 atom stereocenters. The summed E-state index contributed by atoms with van der Waals surface area (Å²) in [6.45, 7) is 4.21. The van der Waals surface area contributed by atoms with Crippen LogP contribution in [-0.4, -0.2) is 93.9 Å². The lowest BCUT2D eigenvalue weighted by Gasteiger charge is -2.32. The molecular formula is C31H41N7O4. The molecule has 3 N–H and O–H groups in total. The van der Waals surface area contributed by atoms with Gasteiger partial charge in [0.15, 0.2) is 0 Å². The summed E-state index contributed by atoms with van der Waals surface area (Å²) < 4.78 is 0. The van der Waals surface area contributed by atoms with Crippen molar-refractivity contribution in [1.29, 1.82) is 0 Å². The summed E-state index contributed by atoms with van der Waals surface area (Å²) in [4.78, 5) is 44.0. The highest BCUT2D eigenvalue weighted by molar-refractivity contribution is 6.40. The van der Waals surface area contributed by atoms with Gasteiger partial charge in [0.05, 0.1) is 6.10 Å². The highest BCUT2D eigenvalue weighted by atomic mass is 16.6. The van der Waals surface area contributed by atoms with Crippen LogP contribution in [-0.2, 0) is 22.6 Å². The number of oxime groups is 1. The molecule has 1 aromatic carbocycles. The van der Waals surface area contributed by atoms with Crippen LogP contribution in [0.25, 0.3) is 0 Å². The van der Waals surface area contributed by atoms with Crippen molar-refractivity contribution in [2.24, 2.45) is 17.0 Å². The first kappa shape index (κ1) is 28.5. The Morgan fingerprint density at radius 2 is 1.83 bits per heavy atom. The largest absolute Gasteiger partial charge is 0.395 e. The maximum absolute atomic E-state index is 13.1. The average Bonchev–Trinajstić information content (AvgIpc) is 3.94. The molecule has 2 amide bonds. The summed E-state index contributed by atoms with van der Waals surface area (Å²) in [5.74, 6) is 1.07. The molecule has 2 aromatic rings. The van der Waals surface area contributed by atoms with Crippen LogP contribution in [0.1, 0.15) is 60.1 Å². The van der Waals surface area contributed by atoms with Gasteiger partial charge in [0.2, 0.25) is 0 Å². The topological polar surface area (TPSA) is 132 Å². The number of hydrogen-bond donors (Lipinski definition) is 3. The van der Waals surface area contributed by atoms with Crippen LogP contribution < -0.4 is 10.6 Å². The number of likely N-dealkylation sites (tertiary alicyclic amines) is 1. The molecule has 2 aliphatic carbocycles. The standard InChI is InChI=1S/C31H41N7O4/c39-26(18-37-12-9-22-3-1-2-4-24(22)17-37)16-32-30(40)27-15-28(34-20-33-27)35-25-10-13-38(14-11-25)31(41)29(23-7-8-23)36-42-19-21-5-6-21/h1-4,15,20-21,23,25-26,39H,5-14,16-19H2,(H,32,40)(H,33,34,35)/t26-/m0/s1. The Kier molecular flexibility index (Phi) is 8.95. The summed E-state index contributed by atoms with van der Waals surface area (Å²) in [5.41, 5.74) is 3.49. The molecule has 3 fully saturated rings. The number of piperidine rings is 1. The molecule has 11 heteroatoms. The molecule has 0 bridgehead atoms. The second-order valence-electron chi connectivity index (χ2n) is 12.1. The molecule has 2 saturated carbocycles. The second-order valence-corrected chi connectivity index (χ2v) is 12.1. The quantitative estimate of drug-likeness (QED) is 0.259. The van der Waals surface area contributed by atoms with Crippen molar-refractivity contribution in [3.05, 3.63) is 53.5 Å². The number of carbonyl (C=O) groups excluding carboxylic acids is 2. The maximum atomic E-state index is 13.1. The van der Waals surface area contributed by atoms with Crippen LogP contribution in [0.5, 0.6) is 0 Å². The first-order chi connectivity index (χ1) is 20.5. The fourth-order valence-corrected chi connectivity index (χ4v) is 5.67. The molecule has 3 heterocycles. The van der Waals surface area contributed by atoms with Crippen molar-refractivity contribution in [1.82, 2.24) is 25.1 Å². The zero-order valence-corrected chi connectivity index (χ0v) is 24.1. The molecular weight excluding hydrogens is 534 g/mol. The smallest absolute Gasteiger partial charge is 0.271 e. The van der Waals surface area contributed by atoms with Gasteiger partial charge in [-0.2, -0.15) is 0 Å². The van der Waals surface area contributed by atoms with Gasteiger partial charge in [-0.25, -0.2) is 9.97 Å². The monoisotopic (exact) mass is 575 g/mol. The van der Waals surface area contributed by atoms with Gasteiger partial charge in [0.1, 0.15) is 30.2 Å². The third kappa shape index (κ3) is 7.63. The molecule has 224 valence electrons. The third-order valence-corrected chi connectivity index (χ3v) is 8.56. The molecule has 2 aliphatic heterocycles. The molecule has 1 saturated heterocycles. The number of carbonyl (C=O) groups is 2. The van der Waals surface area contributed by atoms with E-state index in [-0.39, 0.29) is 36.0 Å². The molecule has 0 unspecified atom stereocenters. The number of fused-ring (bicyclic) bond motifs is 1. The van der Waals surface area contributed by atoms with Crippen LogP contribution in [0.3, 0.4) is 0 Å². The number of rotatable bonds is 12. The Morgan fingerprint density at radius 1 is 1.05 bits per heavy atom. The number of hydrogen-bond acceptors (Lipinski definition) is 9. The van der Waals surface area contributed by atoms with Crippen LogP contribution in [0.2, 0.25) is 0 Å². The van der Waals surface area contributed by atoms with Crippen molar-refractivity contribution in [3.8, 4) is 0 Å². The van der Waals surface area contributed by atoms with Crippen molar-refractivity contribution in [3.63, 3.8) is 0 Å². The molecule has 4 aliphatic rings. The van der Waals surface area contributed by atoms with Crippen molar-refractivity contribution in [2.75, 3.05) is 44.6 Å². The van der Waals surface area contributed by atoms with Crippen molar-refractivity contribution in [2.45, 2.75) is 63.6 Å². The Labute approximate surface area is 246 Å². The van der Waals surface area contributed by atoms with Crippen LogP contribution in [0, 0.1) is 11.8 Å². The number of anilines is 1. The highest BCUT2D eigenvalue weighted by Crippen LogP contribution is 2.33. The number of benzene rings is 1. The Hall–Kier alpha value is -3.57. The number of β-amino-alcohol motifs (C(OH)–C–C–N with tert-alkyl or cyclic N) is 1. The molecule has 6 rings (SSSR count). The predicted molar refractivity (Wildman–Crippen MR) is 158 cm³/mol. The minimum absolute atomic E-state index is 0.0000284. The Balaban J connectivity index is 0.937. The van der Waals surface area contributed by atoms with Crippen LogP contribution in [0.15, 0.2) is 41.8 Å². The van der Waals surface area contributed by atoms with E-state index < -0.39 is 6.10 Å². The molecule has 1 aromatic heterocycles. The average molecular weight is 576 g/mol. The second kappa shape index (κ2) is 13.2. The maximum Gasteiger partial charge on any atom is 0.271 e. The van der Waals surface area contributed by atoms with E-state index in [1.807, 2.05) is 11.0 Å². The first-order valence-electron chi connectivity index (χ1n) is 15.3. The number of aliphatic hydroxyl groups is 1. The van der Waals surface area contributed by atoms with Gasteiger partial charge in [0.25, 0.3) is 11.8 Å². The molecule has 0 radical (unpaired) electrons. The zero-order valence-electron chi connectivity index (χ0n) is 24.1. The number of nitrogens with zero attached hydrogens (tertiary/aromatic N) is 5. The minimum atomic E-state index is -0.679. The summed E-state index contributed by atoms with van der Waals surface area (Å²) >= 11 is 0. The highest BCUT2D eigenvalue weighted by Gasteiger charge is 2.37. The van der Waals surface area contributed by atoms with E-state index in [1.54, 1.807) is 6.07 Å². The van der Waals surface area contributed by atoms with Gasteiger partial charge in [-0.1, -0.05) is 29.4 Å². The van der Waals surface area contributed by atoms with Gasteiger partial charge in [0, 0.05) is 57.3 Å². The first-order valence-corrected chi connectivity index (χ1v) is 15.3. The number of aromatic nitrogens is 2. The van der Waals surface area contributed by atoms with Crippen LogP contribution in [0.4, 0.5) is 5.82 Å². The third-order valence-electron chi connectivity index (χ3n) is 8.56. The molecule has 11 nitrogen and oxygen atoms in total.